The summed E-state index contributed by atoms with van der Waals surface area (Å²) in [5, 5.41) is 8.11. The minimum Gasteiger partial charge on any atom is -0.329 e. The molecule has 0 saturated carbocycles. The van der Waals surface area contributed by atoms with E-state index in [4.69, 9.17) is 0 Å². The standard InChI is InChI=1S/C13H10N4O/c18-13-9-11(5-6-14-13)10-1-3-12(4-2-10)17-15-7-8-16-17/h1-9H,(H,14,18). The van der Waals surface area contributed by atoms with Gasteiger partial charge in [-0.2, -0.15) is 15.0 Å². The van der Waals surface area contributed by atoms with E-state index in [1.54, 1.807) is 29.5 Å². The van der Waals surface area contributed by atoms with Gasteiger partial charge in [0.05, 0.1) is 18.1 Å². The van der Waals surface area contributed by atoms with Crippen LogP contribution in [0.15, 0.2) is 59.8 Å². The molecule has 0 radical (unpaired) electrons. The van der Waals surface area contributed by atoms with Gasteiger partial charge in [0.2, 0.25) is 5.56 Å². The van der Waals surface area contributed by atoms with Crippen LogP contribution in [0.25, 0.3) is 16.8 Å². The molecule has 0 aliphatic carbocycles. The van der Waals surface area contributed by atoms with E-state index in [1.165, 1.54) is 0 Å². The van der Waals surface area contributed by atoms with Crippen LogP contribution in [0.2, 0.25) is 0 Å². The Hall–Kier alpha value is -2.69. The fraction of sp³-hybridized carbons (Fsp3) is 0. The van der Waals surface area contributed by atoms with E-state index in [0.717, 1.165) is 16.8 Å². The second-order valence-electron chi connectivity index (χ2n) is 3.81. The molecule has 2 aromatic heterocycles. The fourth-order valence-electron chi connectivity index (χ4n) is 1.76. The van der Waals surface area contributed by atoms with Gasteiger partial charge in [0.1, 0.15) is 0 Å². The van der Waals surface area contributed by atoms with Crippen molar-refractivity contribution in [1.29, 1.82) is 0 Å². The van der Waals surface area contributed by atoms with Gasteiger partial charge in [-0.15, -0.1) is 0 Å². The molecule has 0 spiro atoms. The zero-order valence-corrected chi connectivity index (χ0v) is 9.45. The Labute approximate surface area is 103 Å². The van der Waals surface area contributed by atoms with Crippen molar-refractivity contribution < 1.29 is 0 Å². The molecule has 0 fully saturated rings. The molecular formula is C13H10N4O. The summed E-state index contributed by atoms with van der Waals surface area (Å²) in [5.41, 5.74) is 2.65. The number of nitrogens with zero attached hydrogens (tertiary/aromatic N) is 3. The number of pyridine rings is 1. The minimum absolute atomic E-state index is 0.106. The molecule has 0 saturated heterocycles. The normalized spacial score (nSPS) is 10.4. The van der Waals surface area contributed by atoms with Gasteiger partial charge in [0.15, 0.2) is 0 Å². The molecule has 88 valence electrons. The molecule has 2 heterocycles. The maximum absolute atomic E-state index is 11.2. The lowest BCUT2D eigenvalue weighted by molar-refractivity contribution is 0.752. The largest absolute Gasteiger partial charge is 0.329 e. The third-order valence-corrected chi connectivity index (χ3v) is 2.63. The lowest BCUT2D eigenvalue weighted by Crippen LogP contribution is -2.02. The maximum Gasteiger partial charge on any atom is 0.248 e. The van der Waals surface area contributed by atoms with Gasteiger partial charge >= 0.3 is 0 Å². The van der Waals surface area contributed by atoms with Gasteiger partial charge in [-0.05, 0) is 29.3 Å². The molecule has 18 heavy (non-hydrogen) atoms. The predicted molar refractivity (Wildman–Crippen MR) is 67.4 cm³/mol. The highest BCUT2D eigenvalue weighted by atomic mass is 16.1. The summed E-state index contributed by atoms with van der Waals surface area (Å²) in [6.45, 7) is 0. The van der Waals surface area contributed by atoms with Crippen LogP contribution in [0.4, 0.5) is 0 Å². The van der Waals surface area contributed by atoms with E-state index in [9.17, 15) is 4.79 Å². The molecule has 1 N–H and O–H groups in total. The van der Waals surface area contributed by atoms with Crippen LogP contribution >= 0.6 is 0 Å². The van der Waals surface area contributed by atoms with Crippen LogP contribution in [0.3, 0.4) is 0 Å². The smallest absolute Gasteiger partial charge is 0.248 e. The van der Waals surface area contributed by atoms with Crippen molar-refractivity contribution in [2.24, 2.45) is 0 Å². The molecule has 0 unspecified atom stereocenters. The highest BCUT2D eigenvalue weighted by Gasteiger charge is 2.00. The number of nitrogens with one attached hydrogen (secondary N) is 1. The zero-order chi connectivity index (χ0) is 12.4. The molecule has 3 aromatic rings. The molecular weight excluding hydrogens is 228 g/mol. The Morgan fingerprint density at radius 2 is 1.67 bits per heavy atom. The number of hydrogen-bond acceptors (Lipinski definition) is 3. The van der Waals surface area contributed by atoms with Crippen LogP contribution in [0.5, 0.6) is 0 Å². The van der Waals surface area contributed by atoms with Crippen molar-refractivity contribution in [3.05, 3.63) is 65.3 Å². The van der Waals surface area contributed by atoms with E-state index in [1.807, 2.05) is 30.3 Å². The molecule has 0 aliphatic rings. The topological polar surface area (TPSA) is 63.6 Å². The lowest BCUT2D eigenvalue weighted by Gasteiger charge is -2.03. The monoisotopic (exact) mass is 238 g/mol. The highest BCUT2D eigenvalue weighted by Crippen LogP contribution is 2.18. The fourth-order valence-corrected chi connectivity index (χ4v) is 1.76. The number of H-pyrrole nitrogens is 1. The molecule has 5 heteroatoms. The average Bonchev–Trinajstić information content (AvgIpc) is 2.93. The quantitative estimate of drug-likeness (QED) is 0.738. The summed E-state index contributed by atoms with van der Waals surface area (Å²) in [6.07, 6.45) is 4.90. The van der Waals surface area contributed by atoms with Crippen LogP contribution < -0.4 is 5.56 Å². The Balaban J connectivity index is 1.99. The van der Waals surface area contributed by atoms with Crippen molar-refractivity contribution in [2.45, 2.75) is 0 Å². The molecule has 5 nitrogen and oxygen atoms in total. The van der Waals surface area contributed by atoms with Crippen LogP contribution in [0.1, 0.15) is 0 Å². The van der Waals surface area contributed by atoms with Crippen LogP contribution in [-0.4, -0.2) is 20.0 Å². The average molecular weight is 238 g/mol. The molecule has 0 amide bonds. The van der Waals surface area contributed by atoms with E-state index in [2.05, 4.69) is 15.2 Å². The first kappa shape index (κ1) is 10.5. The van der Waals surface area contributed by atoms with E-state index >= 15 is 0 Å². The van der Waals surface area contributed by atoms with Crippen molar-refractivity contribution in [3.63, 3.8) is 0 Å². The molecule has 0 aliphatic heterocycles. The Kier molecular flexibility index (Phi) is 2.49. The number of benzene rings is 1. The number of hydrogen-bond donors (Lipinski definition) is 1. The first-order valence-corrected chi connectivity index (χ1v) is 5.49. The number of aromatic amines is 1. The second-order valence-corrected chi connectivity index (χ2v) is 3.81. The number of rotatable bonds is 2. The van der Waals surface area contributed by atoms with Crippen molar-refractivity contribution in [2.75, 3.05) is 0 Å². The highest BCUT2D eigenvalue weighted by molar-refractivity contribution is 5.63. The Morgan fingerprint density at radius 1 is 0.944 bits per heavy atom. The van der Waals surface area contributed by atoms with Crippen molar-refractivity contribution in [3.8, 4) is 16.8 Å². The number of aromatic nitrogens is 4. The van der Waals surface area contributed by atoms with Crippen LogP contribution in [0, 0.1) is 0 Å². The summed E-state index contributed by atoms with van der Waals surface area (Å²) < 4.78 is 0. The van der Waals surface area contributed by atoms with Gasteiger partial charge in [-0.3, -0.25) is 4.79 Å². The third-order valence-electron chi connectivity index (χ3n) is 2.63. The first-order chi connectivity index (χ1) is 8.83. The van der Waals surface area contributed by atoms with E-state index in [0.29, 0.717) is 0 Å². The van der Waals surface area contributed by atoms with Gasteiger partial charge in [0, 0.05) is 12.3 Å². The lowest BCUT2D eigenvalue weighted by atomic mass is 10.1. The maximum atomic E-state index is 11.2. The van der Waals surface area contributed by atoms with Gasteiger partial charge in [0.25, 0.3) is 0 Å². The first-order valence-electron chi connectivity index (χ1n) is 5.49. The van der Waals surface area contributed by atoms with Crippen molar-refractivity contribution in [1.82, 2.24) is 20.0 Å². The Morgan fingerprint density at radius 3 is 2.33 bits per heavy atom. The van der Waals surface area contributed by atoms with E-state index < -0.39 is 0 Å². The minimum atomic E-state index is -0.106. The van der Waals surface area contributed by atoms with Gasteiger partial charge in [-0.25, -0.2) is 0 Å². The summed E-state index contributed by atoms with van der Waals surface area (Å²) in [4.78, 5) is 15.4. The third kappa shape index (κ3) is 1.93. The zero-order valence-electron chi connectivity index (χ0n) is 9.45. The summed E-state index contributed by atoms with van der Waals surface area (Å²) >= 11 is 0. The van der Waals surface area contributed by atoms with Gasteiger partial charge in [-0.1, -0.05) is 12.1 Å². The second kappa shape index (κ2) is 4.29. The van der Waals surface area contributed by atoms with Crippen molar-refractivity contribution >= 4 is 0 Å². The SMILES string of the molecule is O=c1cc(-c2ccc(-n3nccn3)cc2)cc[nH]1. The van der Waals surface area contributed by atoms with Crippen LogP contribution in [-0.2, 0) is 0 Å². The van der Waals surface area contributed by atoms with Gasteiger partial charge < -0.3 is 4.98 Å². The molecule has 0 atom stereocenters. The predicted octanol–water partition coefficient (Wildman–Crippen LogP) is 1.62. The van der Waals surface area contributed by atoms with E-state index in [-0.39, 0.29) is 5.56 Å². The molecule has 3 rings (SSSR count). The Bertz CT molecular complexity index is 698. The summed E-state index contributed by atoms with van der Waals surface area (Å²) in [5.74, 6) is 0. The molecule has 1 aromatic carbocycles. The summed E-state index contributed by atoms with van der Waals surface area (Å²) in [7, 11) is 0. The summed E-state index contributed by atoms with van der Waals surface area (Å²) in [6, 6.07) is 11.1. The molecule has 0 bridgehead atoms.